The summed E-state index contributed by atoms with van der Waals surface area (Å²) >= 11 is 0. The number of ether oxygens (including phenoxy) is 2. The summed E-state index contributed by atoms with van der Waals surface area (Å²) in [6.07, 6.45) is 0.368. The van der Waals surface area contributed by atoms with E-state index in [4.69, 9.17) is 14.5 Å². The fraction of sp³-hybridized carbons (Fsp3) is 0.259. The first kappa shape index (κ1) is 21.1. The van der Waals surface area contributed by atoms with E-state index in [0.29, 0.717) is 26.1 Å². The lowest BCUT2D eigenvalue weighted by molar-refractivity contribution is -0.134. The number of fused-ring (bicyclic) bond motifs is 2. The molecule has 2 heterocycles. The van der Waals surface area contributed by atoms with Crippen molar-refractivity contribution < 1.29 is 14.3 Å². The summed E-state index contributed by atoms with van der Waals surface area (Å²) in [7, 11) is 1.64. The Morgan fingerprint density at radius 2 is 1.82 bits per heavy atom. The van der Waals surface area contributed by atoms with Crippen LogP contribution in [0.25, 0.3) is 0 Å². The predicted octanol–water partition coefficient (Wildman–Crippen LogP) is 4.65. The molecule has 0 radical (unpaired) electrons. The Hall–Kier alpha value is -3.80. The van der Waals surface area contributed by atoms with Gasteiger partial charge in [0, 0.05) is 25.7 Å². The minimum Gasteiger partial charge on any atom is -0.497 e. The molecule has 5 rings (SSSR count). The number of para-hydroxylation sites is 3. The maximum Gasteiger partial charge on any atom is 0.227 e. The second kappa shape index (κ2) is 8.98. The van der Waals surface area contributed by atoms with Gasteiger partial charge >= 0.3 is 0 Å². The van der Waals surface area contributed by atoms with Crippen LogP contribution in [-0.4, -0.2) is 54.3 Å². The molecule has 0 aliphatic carbocycles. The van der Waals surface area contributed by atoms with Crippen molar-refractivity contribution in [2.24, 2.45) is 4.99 Å². The number of hydrogen-bond donors (Lipinski definition) is 0. The molecule has 2 aliphatic heterocycles. The van der Waals surface area contributed by atoms with Gasteiger partial charge in [-0.1, -0.05) is 36.4 Å². The fourth-order valence-electron chi connectivity index (χ4n) is 4.49. The normalized spacial score (nSPS) is 17.3. The maximum absolute atomic E-state index is 13.1. The molecule has 0 aromatic heterocycles. The van der Waals surface area contributed by atoms with Gasteiger partial charge in [0.15, 0.2) is 5.75 Å². The van der Waals surface area contributed by atoms with Crippen LogP contribution in [0.5, 0.6) is 17.2 Å². The van der Waals surface area contributed by atoms with Gasteiger partial charge in [-0.2, -0.15) is 0 Å². The van der Waals surface area contributed by atoms with Gasteiger partial charge in [-0.05, 0) is 48.9 Å². The van der Waals surface area contributed by atoms with Crippen LogP contribution >= 0.6 is 0 Å². The molecule has 2 aliphatic rings. The van der Waals surface area contributed by atoms with Gasteiger partial charge in [-0.25, -0.2) is 4.99 Å². The molecule has 3 aromatic carbocycles. The molecule has 1 saturated heterocycles. The summed E-state index contributed by atoms with van der Waals surface area (Å²) in [5.74, 6) is 3.34. The molecular formula is C27H27N3O3. The second-order valence-electron chi connectivity index (χ2n) is 8.41. The lowest BCUT2D eigenvalue weighted by Crippen LogP contribution is -2.55. The third-order valence-electron chi connectivity index (χ3n) is 6.18. The number of methoxy groups -OCH3 is 1. The van der Waals surface area contributed by atoms with Gasteiger partial charge in [0.1, 0.15) is 23.0 Å². The number of carbonyl (C=O) groups is 1. The summed E-state index contributed by atoms with van der Waals surface area (Å²) < 4.78 is 11.5. The van der Waals surface area contributed by atoms with Crippen molar-refractivity contribution in [1.82, 2.24) is 9.80 Å². The molecule has 1 atom stereocenters. The third-order valence-corrected chi connectivity index (χ3v) is 6.18. The lowest BCUT2D eigenvalue weighted by atomic mass is 10.1. The van der Waals surface area contributed by atoms with Gasteiger partial charge in [0.25, 0.3) is 0 Å². The molecule has 1 fully saturated rings. The number of hydrogen-bond acceptors (Lipinski definition) is 5. The van der Waals surface area contributed by atoms with E-state index in [1.54, 1.807) is 7.11 Å². The Kier molecular flexibility index (Phi) is 5.73. The van der Waals surface area contributed by atoms with Crippen molar-refractivity contribution in [3.63, 3.8) is 0 Å². The Labute approximate surface area is 194 Å². The Morgan fingerprint density at radius 1 is 1.03 bits per heavy atom. The van der Waals surface area contributed by atoms with Crippen LogP contribution in [0.1, 0.15) is 18.1 Å². The molecule has 168 valence electrons. The van der Waals surface area contributed by atoms with E-state index >= 15 is 0 Å². The van der Waals surface area contributed by atoms with E-state index in [1.807, 2.05) is 77.7 Å². The zero-order valence-electron chi connectivity index (χ0n) is 18.9. The molecule has 1 amide bonds. The number of carbonyl (C=O) groups excluding carboxylic acids is 1. The first-order valence-corrected chi connectivity index (χ1v) is 11.2. The van der Waals surface area contributed by atoms with Crippen molar-refractivity contribution in [1.29, 1.82) is 0 Å². The minimum atomic E-state index is 0.0612. The van der Waals surface area contributed by atoms with Crippen LogP contribution < -0.4 is 9.47 Å². The van der Waals surface area contributed by atoms with Crippen molar-refractivity contribution in [2.45, 2.75) is 19.4 Å². The molecule has 0 spiro atoms. The lowest BCUT2D eigenvalue weighted by Gasteiger charge is -2.41. The van der Waals surface area contributed by atoms with Gasteiger partial charge in [0.2, 0.25) is 5.91 Å². The van der Waals surface area contributed by atoms with Gasteiger partial charge in [-0.3, -0.25) is 4.79 Å². The molecule has 3 aromatic rings. The highest BCUT2D eigenvalue weighted by molar-refractivity contribution is 6.03. The van der Waals surface area contributed by atoms with Gasteiger partial charge in [-0.15, -0.1) is 0 Å². The van der Waals surface area contributed by atoms with Crippen molar-refractivity contribution in [2.75, 3.05) is 26.7 Å². The van der Waals surface area contributed by atoms with Crippen LogP contribution in [0, 0.1) is 0 Å². The quantitative estimate of drug-likeness (QED) is 0.594. The topological polar surface area (TPSA) is 54.4 Å². The number of rotatable bonds is 3. The summed E-state index contributed by atoms with van der Waals surface area (Å²) in [6.45, 7) is 4.17. The smallest absolute Gasteiger partial charge is 0.227 e. The number of amidine groups is 1. The standard InChI is InChI=1S/C27H27N3O3/c1-19-18-29(14-15-30(19)26(31)17-20-8-7-9-21(16-20)32-2)27-22-10-3-5-12-24(22)33-25-13-6-4-11-23(25)28-27/h3-13,16,19H,14-15,17-18H2,1-2H3/t19-/m0/s1. The maximum atomic E-state index is 13.1. The van der Waals surface area contributed by atoms with E-state index in [1.165, 1.54) is 0 Å². The van der Waals surface area contributed by atoms with E-state index < -0.39 is 0 Å². The van der Waals surface area contributed by atoms with E-state index in [0.717, 1.165) is 39.9 Å². The molecular weight excluding hydrogens is 414 g/mol. The highest BCUT2D eigenvalue weighted by atomic mass is 16.5. The number of nitrogens with zero attached hydrogens (tertiary/aromatic N) is 3. The fourth-order valence-corrected chi connectivity index (χ4v) is 4.49. The largest absolute Gasteiger partial charge is 0.497 e. The SMILES string of the molecule is COc1cccc(CC(=O)N2CCN(C3=Nc4ccccc4Oc4ccccc43)C[C@@H]2C)c1. The van der Waals surface area contributed by atoms with Crippen molar-refractivity contribution in [3.8, 4) is 17.2 Å². The molecule has 0 N–H and O–H groups in total. The Balaban J connectivity index is 1.36. The minimum absolute atomic E-state index is 0.0612. The summed E-state index contributed by atoms with van der Waals surface area (Å²) in [5.41, 5.74) is 2.75. The zero-order valence-corrected chi connectivity index (χ0v) is 18.9. The summed E-state index contributed by atoms with van der Waals surface area (Å²) in [6, 6.07) is 23.6. The van der Waals surface area contributed by atoms with Crippen LogP contribution in [0.2, 0.25) is 0 Å². The number of aliphatic imine (C=N–C) groups is 1. The van der Waals surface area contributed by atoms with Crippen molar-refractivity contribution in [3.05, 3.63) is 83.9 Å². The Morgan fingerprint density at radius 3 is 2.64 bits per heavy atom. The van der Waals surface area contributed by atoms with Gasteiger partial charge in [0.05, 0.1) is 19.1 Å². The predicted molar refractivity (Wildman–Crippen MR) is 129 cm³/mol. The third kappa shape index (κ3) is 4.29. The van der Waals surface area contributed by atoms with Crippen LogP contribution in [0.4, 0.5) is 5.69 Å². The van der Waals surface area contributed by atoms with E-state index in [-0.39, 0.29) is 11.9 Å². The first-order valence-electron chi connectivity index (χ1n) is 11.2. The monoisotopic (exact) mass is 441 g/mol. The summed E-state index contributed by atoms with van der Waals surface area (Å²) in [4.78, 5) is 22.3. The van der Waals surface area contributed by atoms with Crippen LogP contribution in [0.15, 0.2) is 77.8 Å². The number of piperazine rings is 1. The average Bonchev–Trinajstić information content (AvgIpc) is 3.01. The molecule has 0 unspecified atom stereocenters. The van der Waals surface area contributed by atoms with E-state index in [9.17, 15) is 4.79 Å². The number of benzene rings is 3. The molecule has 0 bridgehead atoms. The van der Waals surface area contributed by atoms with Gasteiger partial charge < -0.3 is 19.3 Å². The molecule has 33 heavy (non-hydrogen) atoms. The Bertz CT molecular complexity index is 1210. The molecule has 6 nitrogen and oxygen atoms in total. The average molecular weight is 442 g/mol. The highest BCUT2D eigenvalue weighted by Crippen LogP contribution is 2.38. The van der Waals surface area contributed by atoms with Crippen LogP contribution in [-0.2, 0) is 11.2 Å². The van der Waals surface area contributed by atoms with Crippen LogP contribution in [0.3, 0.4) is 0 Å². The number of amides is 1. The summed E-state index contributed by atoms with van der Waals surface area (Å²) in [5, 5.41) is 0. The molecule has 0 saturated carbocycles. The highest BCUT2D eigenvalue weighted by Gasteiger charge is 2.31. The second-order valence-corrected chi connectivity index (χ2v) is 8.41. The first-order chi connectivity index (χ1) is 16.1. The zero-order chi connectivity index (χ0) is 22.8. The van der Waals surface area contributed by atoms with E-state index in [2.05, 4.69) is 11.8 Å². The van der Waals surface area contributed by atoms with Crippen molar-refractivity contribution >= 4 is 17.4 Å². The molecule has 6 heteroatoms.